The van der Waals surface area contributed by atoms with E-state index in [0.717, 1.165) is 64.7 Å². The molecule has 4 N–H and O–H groups in total. The summed E-state index contributed by atoms with van der Waals surface area (Å²) >= 11 is 0. The lowest BCUT2D eigenvalue weighted by Gasteiger charge is -2.23. The van der Waals surface area contributed by atoms with Crippen molar-refractivity contribution >= 4 is 39.4 Å². The van der Waals surface area contributed by atoms with E-state index in [0.29, 0.717) is 29.6 Å². The number of fused-ring (bicyclic) bond motifs is 2. The second-order valence-corrected chi connectivity index (χ2v) is 9.80. The maximum Gasteiger partial charge on any atom is 0.228 e. The van der Waals surface area contributed by atoms with E-state index in [1.807, 2.05) is 72.8 Å². The molecule has 0 amide bonds. The molecule has 9 heteroatoms. The largest absolute Gasteiger partial charge is 0.438 e. The Balaban J connectivity index is 1.19. The van der Waals surface area contributed by atoms with Gasteiger partial charge in [0.2, 0.25) is 17.8 Å². The molecule has 1 saturated heterocycles. The number of nitrogens with zero attached hydrogens (tertiary/aromatic N) is 4. The molecule has 0 saturated carbocycles. The van der Waals surface area contributed by atoms with Crippen LogP contribution in [0.25, 0.3) is 33.1 Å². The van der Waals surface area contributed by atoms with Gasteiger partial charge in [-0.05, 0) is 61.9 Å². The maximum atomic E-state index is 6.47. The van der Waals surface area contributed by atoms with E-state index < -0.39 is 0 Å². The van der Waals surface area contributed by atoms with Gasteiger partial charge in [-0.25, -0.2) is 19.9 Å². The topological polar surface area (TPSA) is 113 Å². The Morgan fingerprint density at radius 2 is 1.73 bits per heavy atom. The number of para-hydroxylation sites is 2. The van der Waals surface area contributed by atoms with Gasteiger partial charge < -0.3 is 25.7 Å². The number of aromatic nitrogens is 5. The van der Waals surface area contributed by atoms with Crippen LogP contribution in [-0.2, 0) is 0 Å². The van der Waals surface area contributed by atoms with Crippen LogP contribution in [0.5, 0.6) is 11.6 Å². The molecular formula is C31H28N8O. The molecule has 7 rings (SSSR count). The summed E-state index contributed by atoms with van der Waals surface area (Å²) < 4.78 is 6.47. The Labute approximate surface area is 231 Å². The van der Waals surface area contributed by atoms with Gasteiger partial charge in [0.15, 0.2) is 0 Å². The molecule has 1 aliphatic rings. The van der Waals surface area contributed by atoms with Crippen LogP contribution in [-0.4, -0.2) is 44.1 Å². The number of pyridine rings is 1. The molecule has 3 aromatic carbocycles. The molecule has 1 aliphatic heterocycles. The van der Waals surface area contributed by atoms with E-state index in [1.54, 1.807) is 12.4 Å². The van der Waals surface area contributed by atoms with Crippen LogP contribution in [0.1, 0.15) is 12.8 Å². The van der Waals surface area contributed by atoms with Gasteiger partial charge in [-0.1, -0.05) is 36.4 Å². The lowest BCUT2D eigenvalue weighted by molar-refractivity contribution is 0.470. The van der Waals surface area contributed by atoms with Crippen molar-refractivity contribution < 1.29 is 4.74 Å². The first-order valence-electron chi connectivity index (χ1n) is 13.5. The van der Waals surface area contributed by atoms with Crippen molar-refractivity contribution in [2.45, 2.75) is 18.9 Å². The fraction of sp³-hybridized carbons (Fsp3) is 0.161. The first-order chi connectivity index (χ1) is 19.8. The Morgan fingerprint density at radius 1 is 0.825 bits per heavy atom. The number of hydrogen-bond acceptors (Lipinski definition) is 8. The van der Waals surface area contributed by atoms with Crippen molar-refractivity contribution in [2.75, 3.05) is 23.7 Å². The molecule has 0 radical (unpaired) electrons. The molecule has 9 nitrogen and oxygen atoms in total. The molecule has 198 valence electrons. The number of imidazole rings is 1. The number of ether oxygens (including phenoxy) is 1. The van der Waals surface area contributed by atoms with E-state index in [1.165, 1.54) is 0 Å². The van der Waals surface area contributed by atoms with E-state index in [4.69, 9.17) is 9.72 Å². The van der Waals surface area contributed by atoms with E-state index >= 15 is 0 Å². The minimum absolute atomic E-state index is 0.312. The number of rotatable bonds is 7. The Kier molecular flexibility index (Phi) is 6.39. The molecule has 1 atom stereocenters. The normalized spacial score (nSPS) is 15.2. The molecule has 4 heterocycles. The third-order valence-corrected chi connectivity index (χ3v) is 7.07. The molecule has 3 aromatic heterocycles. The summed E-state index contributed by atoms with van der Waals surface area (Å²) in [5.74, 6) is 2.47. The third-order valence-electron chi connectivity index (χ3n) is 7.07. The number of nitrogens with one attached hydrogen (secondary N) is 4. The molecular weight excluding hydrogens is 500 g/mol. The first kappa shape index (κ1) is 24.1. The van der Waals surface area contributed by atoms with E-state index in [9.17, 15) is 0 Å². The van der Waals surface area contributed by atoms with Gasteiger partial charge >= 0.3 is 0 Å². The summed E-state index contributed by atoms with van der Waals surface area (Å²) in [7, 11) is 0. The molecule has 1 fully saturated rings. The van der Waals surface area contributed by atoms with Crippen molar-refractivity contribution in [1.29, 1.82) is 0 Å². The van der Waals surface area contributed by atoms with Crippen LogP contribution < -0.4 is 20.7 Å². The molecule has 0 bridgehead atoms. The summed E-state index contributed by atoms with van der Waals surface area (Å²) in [4.78, 5) is 21.8. The van der Waals surface area contributed by atoms with Gasteiger partial charge in [0, 0.05) is 41.4 Å². The summed E-state index contributed by atoms with van der Waals surface area (Å²) in [6.45, 7) is 1.96. The highest BCUT2D eigenvalue weighted by Crippen LogP contribution is 2.37. The molecule has 0 spiro atoms. The standard InChI is InChI=1S/C31H28N8O/c1-2-9-22-21(8-1)24(37-31-38-26-11-3-4-12-27(26)39-31)13-14-28(22)40-29-23(10-6-17-33-29)25-15-18-34-30(36-25)35-20-7-5-16-32-19-20/h1-4,6,8-15,17-18,20,32H,5,7,16,19H2,(H,34,35,36)(H2,37,38,39)/t20-/m1/s1. The van der Waals surface area contributed by atoms with Gasteiger partial charge in [-0.2, -0.15) is 0 Å². The van der Waals surface area contributed by atoms with Crippen molar-refractivity contribution in [2.24, 2.45) is 0 Å². The monoisotopic (exact) mass is 528 g/mol. The second kappa shape index (κ2) is 10.6. The maximum absolute atomic E-state index is 6.47. The number of hydrogen-bond donors (Lipinski definition) is 4. The minimum atomic E-state index is 0.312. The molecule has 0 unspecified atom stereocenters. The van der Waals surface area contributed by atoms with Gasteiger partial charge in [0.25, 0.3) is 0 Å². The predicted octanol–water partition coefficient (Wildman–Crippen LogP) is 6.27. The van der Waals surface area contributed by atoms with Crippen molar-refractivity contribution in [1.82, 2.24) is 30.2 Å². The average Bonchev–Trinajstić information content (AvgIpc) is 3.42. The van der Waals surface area contributed by atoms with Crippen LogP contribution >= 0.6 is 0 Å². The minimum Gasteiger partial charge on any atom is -0.438 e. The zero-order chi connectivity index (χ0) is 26.7. The van der Waals surface area contributed by atoms with Crippen molar-refractivity contribution in [3.05, 3.63) is 91.3 Å². The lowest BCUT2D eigenvalue weighted by Crippen LogP contribution is -2.38. The highest BCUT2D eigenvalue weighted by Gasteiger charge is 2.17. The SMILES string of the molecule is c1cnc(Oc2ccc(Nc3nc4ccccc4[nH]3)c3ccccc23)c(-c2ccnc(N[C@@H]3CCCNC3)n2)c1. The number of anilines is 3. The van der Waals surface area contributed by atoms with Gasteiger partial charge in [0.05, 0.1) is 22.3 Å². The van der Waals surface area contributed by atoms with Gasteiger partial charge in [-0.15, -0.1) is 0 Å². The summed E-state index contributed by atoms with van der Waals surface area (Å²) in [5.41, 5.74) is 4.36. The second-order valence-electron chi connectivity index (χ2n) is 9.80. The molecule has 6 aromatic rings. The number of aromatic amines is 1. The third kappa shape index (κ3) is 4.90. The lowest BCUT2D eigenvalue weighted by atomic mass is 10.1. The number of piperidine rings is 1. The Morgan fingerprint density at radius 3 is 2.62 bits per heavy atom. The highest BCUT2D eigenvalue weighted by atomic mass is 16.5. The summed E-state index contributed by atoms with van der Waals surface area (Å²) in [6.07, 6.45) is 5.73. The average molecular weight is 529 g/mol. The molecule has 40 heavy (non-hydrogen) atoms. The Bertz CT molecular complexity index is 1760. The van der Waals surface area contributed by atoms with E-state index in [2.05, 4.69) is 42.0 Å². The fourth-order valence-electron chi connectivity index (χ4n) is 5.12. The van der Waals surface area contributed by atoms with Crippen LogP contribution in [0.3, 0.4) is 0 Å². The fourth-order valence-corrected chi connectivity index (χ4v) is 5.12. The van der Waals surface area contributed by atoms with Crippen LogP contribution in [0.2, 0.25) is 0 Å². The van der Waals surface area contributed by atoms with E-state index in [-0.39, 0.29) is 0 Å². The van der Waals surface area contributed by atoms with Crippen LogP contribution in [0.4, 0.5) is 17.6 Å². The predicted molar refractivity (Wildman–Crippen MR) is 158 cm³/mol. The van der Waals surface area contributed by atoms with Crippen molar-refractivity contribution in [3.63, 3.8) is 0 Å². The van der Waals surface area contributed by atoms with Gasteiger partial charge in [0.1, 0.15) is 5.75 Å². The summed E-state index contributed by atoms with van der Waals surface area (Å²) in [6, 6.07) is 26.1. The van der Waals surface area contributed by atoms with Crippen LogP contribution in [0.15, 0.2) is 91.3 Å². The number of H-pyrrole nitrogens is 1. The highest BCUT2D eigenvalue weighted by molar-refractivity contribution is 5.99. The van der Waals surface area contributed by atoms with Crippen LogP contribution in [0, 0.1) is 0 Å². The first-order valence-corrected chi connectivity index (χ1v) is 13.5. The van der Waals surface area contributed by atoms with Gasteiger partial charge in [-0.3, -0.25) is 0 Å². The Hall–Kier alpha value is -5.02. The number of benzene rings is 3. The zero-order valence-corrected chi connectivity index (χ0v) is 21.8. The zero-order valence-electron chi connectivity index (χ0n) is 21.8. The summed E-state index contributed by atoms with van der Waals surface area (Å²) in [5, 5.41) is 12.3. The molecule has 0 aliphatic carbocycles. The quantitative estimate of drug-likeness (QED) is 0.192. The smallest absolute Gasteiger partial charge is 0.228 e. The van der Waals surface area contributed by atoms with Crippen molar-refractivity contribution in [3.8, 4) is 22.9 Å².